The van der Waals surface area contributed by atoms with Crippen molar-refractivity contribution in [3.63, 3.8) is 0 Å². The summed E-state index contributed by atoms with van der Waals surface area (Å²) < 4.78 is 0. The molecule has 0 bridgehead atoms. The Morgan fingerprint density at radius 1 is 1.00 bits per heavy atom. The minimum Gasteiger partial charge on any atom is -0.350 e. The molecular formula is C26H31NO. The molecule has 0 saturated heterocycles. The third-order valence-electron chi connectivity index (χ3n) is 5.59. The quantitative estimate of drug-likeness (QED) is 0.470. The first-order chi connectivity index (χ1) is 13.5. The van der Waals surface area contributed by atoms with Crippen LogP contribution in [0.2, 0.25) is 0 Å². The molecule has 3 rings (SSSR count). The Morgan fingerprint density at radius 2 is 1.68 bits per heavy atom. The van der Waals surface area contributed by atoms with Gasteiger partial charge in [-0.2, -0.15) is 0 Å². The maximum absolute atomic E-state index is 11.8. The van der Waals surface area contributed by atoms with Crippen molar-refractivity contribution in [2.45, 2.75) is 45.6 Å². The monoisotopic (exact) mass is 373 g/mol. The summed E-state index contributed by atoms with van der Waals surface area (Å²) in [6.45, 7) is 6.25. The molecule has 2 nitrogen and oxygen atoms in total. The summed E-state index contributed by atoms with van der Waals surface area (Å²) in [5.41, 5.74) is 4.12. The van der Waals surface area contributed by atoms with E-state index in [9.17, 15) is 4.79 Å². The molecule has 0 radical (unpaired) electrons. The molecular weight excluding hydrogens is 342 g/mol. The van der Waals surface area contributed by atoms with E-state index in [0.717, 1.165) is 6.42 Å². The van der Waals surface area contributed by atoms with Gasteiger partial charge in [-0.25, -0.2) is 0 Å². The fourth-order valence-corrected chi connectivity index (χ4v) is 3.31. The number of carbonyl (C=O) groups is 1. The van der Waals surface area contributed by atoms with Crippen molar-refractivity contribution < 1.29 is 4.79 Å². The third-order valence-corrected chi connectivity index (χ3v) is 5.59. The Bertz CT molecular complexity index is 817. The van der Waals surface area contributed by atoms with Crippen LogP contribution in [0.1, 0.15) is 49.8 Å². The van der Waals surface area contributed by atoms with Crippen LogP contribution in [0.15, 0.2) is 78.9 Å². The fraction of sp³-hybridized carbons (Fsp3) is 0.346. The van der Waals surface area contributed by atoms with E-state index in [2.05, 4.69) is 79.8 Å². The van der Waals surface area contributed by atoms with Gasteiger partial charge in [0.15, 0.2) is 0 Å². The van der Waals surface area contributed by atoms with Gasteiger partial charge in [0.05, 0.1) is 0 Å². The van der Waals surface area contributed by atoms with E-state index in [4.69, 9.17) is 0 Å². The molecule has 3 atom stereocenters. The molecule has 2 heteroatoms. The molecule has 0 spiro atoms. The van der Waals surface area contributed by atoms with Crippen molar-refractivity contribution in [1.82, 2.24) is 5.32 Å². The van der Waals surface area contributed by atoms with E-state index in [-0.39, 0.29) is 11.9 Å². The highest BCUT2D eigenvalue weighted by Crippen LogP contribution is 2.48. The lowest BCUT2D eigenvalue weighted by Gasteiger charge is -2.15. The van der Waals surface area contributed by atoms with Gasteiger partial charge in [-0.3, -0.25) is 4.79 Å². The van der Waals surface area contributed by atoms with E-state index in [1.807, 2.05) is 19.1 Å². The second kappa shape index (κ2) is 9.54. The summed E-state index contributed by atoms with van der Waals surface area (Å²) in [4.78, 5) is 11.8. The van der Waals surface area contributed by atoms with Gasteiger partial charge in [0.25, 0.3) is 0 Å². The van der Waals surface area contributed by atoms with Crippen LogP contribution in [-0.2, 0) is 11.2 Å². The highest BCUT2D eigenvalue weighted by molar-refractivity contribution is 5.87. The van der Waals surface area contributed by atoms with Gasteiger partial charge in [-0.1, -0.05) is 86.7 Å². The van der Waals surface area contributed by atoms with Crippen LogP contribution in [0, 0.1) is 11.8 Å². The molecule has 1 N–H and O–H groups in total. The van der Waals surface area contributed by atoms with Crippen LogP contribution in [0.25, 0.3) is 0 Å². The average Bonchev–Trinajstić information content (AvgIpc) is 3.46. The minimum absolute atomic E-state index is 0.0211. The summed E-state index contributed by atoms with van der Waals surface area (Å²) in [5, 5.41) is 2.98. The summed E-state index contributed by atoms with van der Waals surface area (Å²) in [6, 6.07) is 19.8. The van der Waals surface area contributed by atoms with Gasteiger partial charge < -0.3 is 5.32 Å². The van der Waals surface area contributed by atoms with Gasteiger partial charge in [-0.05, 0) is 54.2 Å². The molecule has 1 unspecified atom stereocenters. The van der Waals surface area contributed by atoms with Gasteiger partial charge >= 0.3 is 0 Å². The van der Waals surface area contributed by atoms with E-state index >= 15 is 0 Å². The predicted octanol–water partition coefficient (Wildman–Crippen LogP) is 5.65. The average molecular weight is 374 g/mol. The van der Waals surface area contributed by atoms with Crippen molar-refractivity contribution in [1.29, 1.82) is 0 Å². The maximum Gasteiger partial charge on any atom is 0.244 e. The zero-order valence-electron chi connectivity index (χ0n) is 17.1. The second-order valence-corrected chi connectivity index (χ2v) is 8.20. The van der Waals surface area contributed by atoms with Crippen LogP contribution in [-0.4, -0.2) is 11.9 Å². The Labute approximate surface area is 169 Å². The van der Waals surface area contributed by atoms with Crippen molar-refractivity contribution in [3.05, 3.63) is 95.6 Å². The molecule has 2 aromatic rings. The Kier molecular flexibility index (Phi) is 6.86. The molecule has 1 fully saturated rings. The first-order valence-electron chi connectivity index (χ1n) is 10.3. The standard InChI is InChI=1S/C26H31NO/c1-19(2)20(3)27-26(28)12-8-7-11-24-18-25(24)23-15-13-22(14-16-23)17-21-9-5-4-6-10-21/h4-16,19-20,24-25H,17-18H2,1-3H3,(H,27,28)/t20?,24-,25+/m1/s1. The fourth-order valence-electron chi connectivity index (χ4n) is 3.31. The molecule has 0 aliphatic heterocycles. The lowest BCUT2D eigenvalue weighted by atomic mass is 10.0. The van der Waals surface area contributed by atoms with Crippen molar-refractivity contribution >= 4 is 5.91 Å². The number of amides is 1. The number of hydrogen-bond acceptors (Lipinski definition) is 1. The lowest BCUT2D eigenvalue weighted by Crippen LogP contribution is -2.34. The van der Waals surface area contributed by atoms with Crippen molar-refractivity contribution in [3.8, 4) is 0 Å². The van der Waals surface area contributed by atoms with Crippen LogP contribution < -0.4 is 5.32 Å². The first-order valence-corrected chi connectivity index (χ1v) is 10.3. The smallest absolute Gasteiger partial charge is 0.244 e. The van der Waals surface area contributed by atoms with Gasteiger partial charge in [0, 0.05) is 12.1 Å². The van der Waals surface area contributed by atoms with E-state index < -0.39 is 0 Å². The molecule has 1 saturated carbocycles. The molecule has 2 aromatic carbocycles. The SMILES string of the molecule is CC(C)C(C)NC(=O)C=CC=C[C@@H]1C[C@H]1c1ccc(Cc2ccccc2)cc1. The highest BCUT2D eigenvalue weighted by atomic mass is 16.1. The molecule has 0 heterocycles. The number of hydrogen-bond donors (Lipinski definition) is 1. The normalized spacial score (nSPS) is 20.0. The molecule has 0 aromatic heterocycles. The zero-order chi connectivity index (χ0) is 19.9. The maximum atomic E-state index is 11.8. The third kappa shape index (κ3) is 5.95. The number of benzene rings is 2. The zero-order valence-corrected chi connectivity index (χ0v) is 17.1. The minimum atomic E-state index is -0.0211. The Morgan fingerprint density at radius 3 is 2.36 bits per heavy atom. The van der Waals surface area contributed by atoms with Gasteiger partial charge in [0.1, 0.15) is 0 Å². The first kappa shape index (κ1) is 20.1. The molecule has 146 valence electrons. The topological polar surface area (TPSA) is 29.1 Å². The highest BCUT2D eigenvalue weighted by Gasteiger charge is 2.35. The number of rotatable bonds is 8. The van der Waals surface area contributed by atoms with Crippen molar-refractivity contribution in [2.24, 2.45) is 11.8 Å². The number of allylic oxidation sites excluding steroid dienone is 3. The summed E-state index contributed by atoms with van der Waals surface area (Å²) in [5.74, 6) is 1.62. The summed E-state index contributed by atoms with van der Waals surface area (Å²) >= 11 is 0. The van der Waals surface area contributed by atoms with Gasteiger partial charge in [-0.15, -0.1) is 0 Å². The Balaban J connectivity index is 1.45. The summed E-state index contributed by atoms with van der Waals surface area (Å²) in [7, 11) is 0. The Hall–Kier alpha value is -2.61. The van der Waals surface area contributed by atoms with Crippen LogP contribution in [0.3, 0.4) is 0 Å². The van der Waals surface area contributed by atoms with Gasteiger partial charge in [0.2, 0.25) is 5.91 Å². The lowest BCUT2D eigenvalue weighted by molar-refractivity contribution is -0.117. The molecule has 28 heavy (non-hydrogen) atoms. The van der Waals surface area contributed by atoms with Crippen LogP contribution in [0.4, 0.5) is 0 Å². The molecule has 1 aliphatic rings. The number of nitrogens with one attached hydrogen (secondary N) is 1. The van der Waals surface area contributed by atoms with E-state index in [1.54, 1.807) is 6.08 Å². The van der Waals surface area contributed by atoms with Crippen LogP contribution >= 0.6 is 0 Å². The van der Waals surface area contributed by atoms with Crippen molar-refractivity contribution in [2.75, 3.05) is 0 Å². The molecule has 1 aliphatic carbocycles. The van der Waals surface area contributed by atoms with E-state index in [0.29, 0.717) is 17.8 Å². The second-order valence-electron chi connectivity index (χ2n) is 8.20. The largest absolute Gasteiger partial charge is 0.350 e. The molecule has 1 amide bonds. The number of carbonyl (C=O) groups excluding carboxylic acids is 1. The van der Waals surface area contributed by atoms with E-state index in [1.165, 1.54) is 23.1 Å². The summed E-state index contributed by atoms with van der Waals surface area (Å²) in [6.07, 6.45) is 9.87. The predicted molar refractivity (Wildman–Crippen MR) is 117 cm³/mol. The van der Waals surface area contributed by atoms with Crippen LogP contribution in [0.5, 0.6) is 0 Å².